The maximum Gasteiger partial charge on any atom is 0.256 e. The Morgan fingerprint density at radius 1 is 1.15 bits per heavy atom. The molecule has 2 N–H and O–H groups in total. The highest BCUT2D eigenvalue weighted by Gasteiger charge is 2.14. The van der Waals surface area contributed by atoms with Gasteiger partial charge in [-0.05, 0) is 13.0 Å². The second kappa shape index (κ2) is 5.13. The molecular weight excluding hydrogens is 168 g/mol. The van der Waals surface area contributed by atoms with Gasteiger partial charge in [-0.15, -0.1) is 0 Å². The third kappa shape index (κ3) is 3.55. The van der Waals surface area contributed by atoms with Crippen LogP contribution in [0.25, 0.3) is 0 Å². The molecule has 0 spiro atoms. The zero-order chi connectivity index (χ0) is 10.4. The molecule has 0 radical (unpaired) electrons. The number of rotatable bonds is 3. The van der Waals surface area contributed by atoms with Crippen LogP contribution < -0.4 is 10.6 Å². The Balaban J connectivity index is 4.86. The Morgan fingerprint density at radius 3 is 1.77 bits per heavy atom. The standard InChI is InChI=1S/C9H14N2O2/c1-6(2)5-7(8(12)10-3)9(13)11-4/h5H,1H2,2-4H3,(H,10,12)(H,11,13). The molecular formula is C9H14N2O2. The van der Waals surface area contributed by atoms with Gasteiger partial charge in [0, 0.05) is 14.1 Å². The van der Waals surface area contributed by atoms with Crippen molar-refractivity contribution < 1.29 is 9.59 Å². The van der Waals surface area contributed by atoms with Crippen molar-refractivity contribution in [1.29, 1.82) is 0 Å². The van der Waals surface area contributed by atoms with Gasteiger partial charge in [-0.3, -0.25) is 9.59 Å². The van der Waals surface area contributed by atoms with Gasteiger partial charge >= 0.3 is 0 Å². The summed E-state index contributed by atoms with van der Waals surface area (Å²) in [5.74, 6) is -0.829. The summed E-state index contributed by atoms with van der Waals surface area (Å²) in [4.78, 5) is 22.3. The topological polar surface area (TPSA) is 58.2 Å². The lowest BCUT2D eigenvalue weighted by Crippen LogP contribution is -2.31. The summed E-state index contributed by atoms with van der Waals surface area (Å²) in [5.41, 5.74) is 0.722. The van der Waals surface area contributed by atoms with E-state index in [0.29, 0.717) is 5.57 Å². The van der Waals surface area contributed by atoms with E-state index in [0.717, 1.165) is 0 Å². The lowest BCUT2D eigenvalue weighted by atomic mass is 10.1. The van der Waals surface area contributed by atoms with E-state index in [1.807, 2.05) is 0 Å². The van der Waals surface area contributed by atoms with Crippen LogP contribution in [-0.4, -0.2) is 25.9 Å². The van der Waals surface area contributed by atoms with E-state index in [1.54, 1.807) is 6.92 Å². The number of allylic oxidation sites excluding steroid dienone is 2. The molecule has 0 aliphatic rings. The highest BCUT2D eigenvalue weighted by atomic mass is 16.2. The van der Waals surface area contributed by atoms with Crippen molar-refractivity contribution in [3.63, 3.8) is 0 Å². The van der Waals surface area contributed by atoms with Crippen molar-refractivity contribution in [2.24, 2.45) is 0 Å². The molecule has 0 bridgehead atoms. The van der Waals surface area contributed by atoms with Gasteiger partial charge in [0.25, 0.3) is 11.8 Å². The average Bonchev–Trinajstić information content (AvgIpc) is 2.11. The Labute approximate surface area is 77.7 Å². The predicted molar refractivity (Wildman–Crippen MR) is 51.0 cm³/mol. The Hall–Kier alpha value is -1.58. The summed E-state index contributed by atoms with van der Waals surface area (Å²) >= 11 is 0. The third-order valence-electron chi connectivity index (χ3n) is 1.33. The molecule has 4 nitrogen and oxygen atoms in total. The summed E-state index contributed by atoms with van der Waals surface area (Å²) in [7, 11) is 2.94. The molecule has 0 rings (SSSR count). The molecule has 0 aromatic carbocycles. The average molecular weight is 182 g/mol. The van der Waals surface area contributed by atoms with Crippen LogP contribution >= 0.6 is 0 Å². The van der Waals surface area contributed by atoms with Crippen molar-refractivity contribution in [1.82, 2.24) is 10.6 Å². The molecule has 0 heterocycles. The predicted octanol–water partition coefficient (Wildman–Crippen LogP) is -0.0191. The van der Waals surface area contributed by atoms with Gasteiger partial charge < -0.3 is 10.6 Å². The first-order chi connectivity index (χ1) is 6.02. The van der Waals surface area contributed by atoms with Crippen molar-refractivity contribution in [3.8, 4) is 0 Å². The van der Waals surface area contributed by atoms with E-state index in [1.165, 1.54) is 20.2 Å². The van der Waals surface area contributed by atoms with Crippen LogP contribution in [0, 0.1) is 0 Å². The molecule has 0 unspecified atom stereocenters. The normalized spacial score (nSPS) is 8.54. The number of nitrogens with one attached hydrogen (secondary N) is 2. The molecule has 4 heteroatoms. The lowest BCUT2D eigenvalue weighted by Gasteiger charge is -2.03. The van der Waals surface area contributed by atoms with Gasteiger partial charge in [-0.2, -0.15) is 0 Å². The minimum absolute atomic E-state index is 0.0671. The van der Waals surface area contributed by atoms with E-state index in [2.05, 4.69) is 17.2 Å². The fourth-order valence-corrected chi connectivity index (χ4v) is 0.750. The summed E-state index contributed by atoms with van der Waals surface area (Å²) in [6.07, 6.45) is 1.44. The minimum atomic E-state index is -0.414. The van der Waals surface area contributed by atoms with Crippen molar-refractivity contribution in [2.75, 3.05) is 14.1 Å². The molecule has 0 fully saturated rings. The highest BCUT2D eigenvalue weighted by molar-refractivity contribution is 6.18. The SMILES string of the molecule is C=C(C)C=C(C(=O)NC)C(=O)NC. The number of amides is 2. The number of hydrogen-bond acceptors (Lipinski definition) is 2. The van der Waals surface area contributed by atoms with Gasteiger partial charge in [-0.1, -0.05) is 12.2 Å². The van der Waals surface area contributed by atoms with E-state index < -0.39 is 11.8 Å². The third-order valence-corrected chi connectivity index (χ3v) is 1.33. The summed E-state index contributed by atoms with van der Waals surface area (Å²) in [5, 5.41) is 4.75. The maximum atomic E-state index is 11.2. The fourth-order valence-electron chi connectivity index (χ4n) is 0.750. The Bertz CT molecular complexity index is 249. The smallest absolute Gasteiger partial charge is 0.256 e. The molecule has 0 saturated carbocycles. The van der Waals surface area contributed by atoms with Gasteiger partial charge in [-0.25, -0.2) is 0 Å². The molecule has 13 heavy (non-hydrogen) atoms. The zero-order valence-corrected chi connectivity index (χ0v) is 8.10. The van der Waals surface area contributed by atoms with E-state index >= 15 is 0 Å². The van der Waals surface area contributed by atoms with Crippen LogP contribution in [0.1, 0.15) is 6.92 Å². The molecule has 0 aromatic rings. The summed E-state index contributed by atoms with van der Waals surface area (Å²) in [6.45, 7) is 5.31. The first-order valence-electron chi connectivity index (χ1n) is 3.84. The van der Waals surface area contributed by atoms with Crippen molar-refractivity contribution in [2.45, 2.75) is 6.92 Å². The van der Waals surface area contributed by atoms with Gasteiger partial charge in [0.15, 0.2) is 0 Å². The van der Waals surface area contributed by atoms with Crippen LogP contribution in [0.2, 0.25) is 0 Å². The molecule has 72 valence electrons. The second-order valence-electron chi connectivity index (χ2n) is 2.56. The number of carbonyl (C=O) groups is 2. The van der Waals surface area contributed by atoms with E-state index in [-0.39, 0.29) is 5.57 Å². The van der Waals surface area contributed by atoms with Crippen LogP contribution in [0.3, 0.4) is 0 Å². The first kappa shape index (κ1) is 11.4. The monoisotopic (exact) mass is 182 g/mol. The second-order valence-corrected chi connectivity index (χ2v) is 2.56. The number of carbonyl (C=O) groups excluding carboxylic acids is 2. The van der Waals surface area contributed by atoms with E-state index in [4.69, 9.17) is 0 Å². The minimum Gasteiger partial charge on any atom is -0.355 e. The molecule has 0 saturated heterocycles. The van der Waals surface area contributed by atoms with Crippen LogP contribution in [-0.2, 0) is 9.59 Å². The lowest BCUT2D eigenvalue weighted by molar-refractivity contribution is -0.123. The fraction of sp³-hybridized carbons (Fsp3) is 0.333. The van der Waals surface area contributed by atoms with Crippen molar-refractivity contribution >= 4 is 11.8 Å². The van der Waals surface area contributed by atoms with Gasteiger partial charge in [0.2, 0.25) is 0 Å². The van der Waals surface area contributed by atoms with Crippen LogP contribution in [0.4, 0.5) is 0 Å². The highest BCUT2D eigenvalue weighted by Crippen LogP contribution is 2.00. The first-order valence-corrected chi connectivity index (χ1v) is 3.84. The van der Waals surface area contributed by atoms with Crippen LogP contribution in [0.5, 0.6) is 0 Å². The van der Waals surface area contributed by atoms with E-state index in [9.17, 15) is 9.59 Å². The molecule has 0 aromatic heterocycles. The number of hydrogen-bond donors (Lipinski definition) is 2. The largest absolute Gasteiger partial charge is 0.355 e. The van der Waals surface area contributed by atoms with Crippen LogP contribution in [0.15, 0.2) is 23.8 Å². The maximum absolute atomic E-state index is 11.2. The number of likely N-dealkylation sites (N-methyl/N-ethyl adjacent to an activating group) is 2. The molecule has 2 amide bonds. The summed E-state index contributed by atoms with van der Waals surface area (Å²) in [6, 6.07) is 0. The zero-order valence-electron chi connectivity index (χ0n) is 8.10. The molecule has 0 aliphatic heterocycles. The molecule has 0 aliphatic carbocycles. The summed E-state index contributed by atoms with van der Waals surface area (Å²) < 4.78 is 0. The van der Waals surface area contributed by atoms with Gasteiger partial charge in [0.05, 0.1) is 0 Å². The quantitative estimate of drug-likeness (QED) is 0.279. The van der Waals surface area contributed by atoms with Gasteiger partial charge in [0.1, 0.15) is 5.57 Å². The molecule has 0 atom stereocenters. The van der Waals surface area contributed by atoms with Crippen molar-refractivity contribution in [3.05, 3.63) is 23.8 Å². The Kier molecular flexibility index (Phi) is 4.51. The Morgan fingerprint density at radius 2 is 1.54 bits per heavy atom.